The van der Waals surface area contributed by atoms with Gasteiger partial charge in [0.25, 0.3) is 5.91 Å². The van der Waals surface area contributed by atoms with Gasteiger partial charge in [-0.25, -0.2) is 9.59 Å². The van der Waals surface area contributed by atoms with Crippen molar-refractivity contribution in [3.05, 3.63) is 108 Å². The molecule has 0 saturated heterocycles. The maximum atomic E-state index is 14.0. The molecule has 10 nitrogen and oxygen atoms in total. The number of hydrogen-bond donors (Lipinski definition) is 3. The van der Waals surface area contributed by atoms with Gasteiger partial charge in [-0.05, 0) is 43.5 Å². The number of benzene rings is 3. The fourth-order valence-electron chi connectivity index (χ4n) is 4.23. The molecule has 0 radical (unpaired) electrons. The van der Waals surface area contributed by atoms with Crippen molar-refractivity contribution in [2.45, 2.75) is 45.1 Å². The Morgan fingerprint density at radius 2 is 1.29 bits per heavy atom. The number of guanidine groups is 1. The first-order valence-corrected chi connectivity index (χ1v) is 13.4. The summed E-state index contributed by atoms with van der Waals surface area (Å²) in [5.74, 6) is -0.955. The Morgan fingerprint density at radius 3 is 1.76 bits per heavy atom. The van der Waals surface area contributed by atoms with Crippen LogP contribution in [-0.4, -0.2) is 53.5 Å². The van der Waals surface area contributed by atoms with Crippen molar-refractivity contribution in [1.29, 1.82) is 5.41 Å². The van der Waals surface area contributed by atoms with Crippen LogP contribution in [0.5, 0.6) is 0 Å². The van der Waals surface area contributed by atoms with Gasteiger partial charge < -0.3 is 20.5 Å². The first-order chi connectivity index (χ1) is 19.8. The summed E-state index contributed by atoms with van der Waals surface area (Å²) in [6, 6.07) is 26.4. The number of rotatable bonds is 12. The van der Waals surface area contributed by atoms with Crippen molar-refractivity contribution in [1.82, 2.24) is 15.1 Å². The summed E-state index contributed by atoms with van der Waals surface area (Å²) < 4.78 is 10.8. The lowest BCUT2D eigenvalue weighted by Gasteiger charge is -2.34. The molecule has 0 aliphatic rings. The Kier molecular flexibility index (Phi) is 11.9. The van der Waals surface area contributed by atoms with E-state index in [1.54, 1.807) is 55.6 Å². The van der Waals surface area contributed by atoms with Crippen LogP contribution in [0.15, 0.2) is 91.0 Å². The summed E-state index contributed by atoms with van der Waals surface area (Å²) in [6.45, 7) is 2.02. The smallest absolute Gasteiger partial charge is 0.426 e. The molecule has 0 bridgehead atoms. The number of carbonyl (C=O) groups is 3. The minimum Gasteiger partial charge on any atom is -0.444 e. The molecule has 41 heavy (non-hydrogen) atoms. The largest absolute Gasteiger partial charge is 0.444 e. The standard InChI is InChI=1S/C31H37N5O5/c1-23(26-17-10-5-11-18-26)35(2)27(19-12-20-34-29(32)33)28(37)36(30(38)40-21-24-13-6-3-7-14-24)31(39)41-22-25-15-8-4-9-16-25/h3-11,13-18,23,27H,12,19-22H2,1-2H3,(H4,32,33,34)/t23?,27-/m1/s1. The number of amides is 3. The van der Waals surface area contributed by atoms with Crippen molar-refractivity contribution in [3.8, 4) is 0 Å². The molecule has 0 aromatic heterocycles. The number of likely N-dealkylation sites (N-methyl/N-ethyl adjacent to an activating group) is 1. The Hall–Kier alpha value is -4.70. The predicted octanol–water partition coefficient (Wildman–Crippen LogP) is 4.81. The second-order valence-electron chi connectivity index (χ2n) is 9.50. The molecule has 0 heterocycles. The molecule has 3 amide bonds. The van der Waals surface area contributed by atoms with E-state index < -0.39 is 24.1 Å². The number of hydrogen-bond acceptors (Lipinski definition) is 7. The molecule has 1 unspecified atom stereocenters. The van der Waals surface area contributed by atoms with Crippen LogP contribution < -0.4 is 11.1 Å². The van der Waals surface area contributed by atoms with Crippen LogP contribution in [0.3, 0.4) is 0 Å². The topological polar surface area (TPSA) is 138 Å². The van der Waals surface area contributed by atoms with Gasteiger partial charge in [0.2, 0.25) is 0 Å². The lowest BCUT2D eigenvalue weighted by molar-refractivity contribution is -0.134. The number of carbonyl (C=O) groups excluding carboxylic acids is 3. The summed E-state index contributed by atoms with van der Waals surface area (Å²) in [4.78, 5) is 42.9. The maximum Gasteiger partial charge on any atom is 0.426 e. The summed E-state index contributed by atoms with van der Waals surface area (Å²) in [7, 11) is 1.77. The minimum atomic E-state index is -1.12. The normalized spacial score (nSPS) is 12.2. The number of imide groups is 3. The van der Waals surface area contributed by atoms with Gasteiger partial charge in [-0.2, -0.15) is 0 Å². The third kappa shape index (κ3) is 9.47. The molecule has 4 N–H and O–H groups in total. The van der Waals surface area contributed by atoms with E-state index in [9.17, 15) is 14.4 Å². The first kappa shape index (κ1) is 30.8. The molecular formula is C31H37N5O5. The van der Waals surface area contributed by atoms with E-state index in [1.165, 1.54) is 0 Å². The van der Waals surface area contributed by atoms with Crippen molar-refractivity contribution in [2.24, 2.45) is 5.73 Å². The van der Waals surface area contributed by atoms with Crippen LogP contribution >= 0.6 is 0 Å². The Bertz CT molecular complexity index is 1220. The molecule has 3 aromatic carbocycles. The van der Waals surface area contributed by atoms with Crippen LogP contribution in [0.2, 0.25) is 0 Å². The highest BCUT2D eigenvalue weighted by molar-refractivity contribution is 6.08. The maximum absolute atomic E-state index is 14.0. The summed E-state index contributed by atoms with van der Waals surface area (Å²) >= 11 is 0. The van der Waals surface area contributed by atoms with E-state index in [-0.39, 0.29) is 31.6 Å². The molecule has 0 spiro atoms. The van der Waals surface area contributed by atoms with Gasteiger partial charge in [-0.15, -0.1) is 4.90 Å². The van der Waals surface area contributed by atoms with Gasteiger partial charge in [0.05, 0.1) is 6.04 Å². The molecule has 10 heteroatoms. The third-order valence-electron chi connectivity index (χ3n) is 6.64. The Labute approximate surface area is 240 Å². The van der Waals surface area contributed by atoms with Crippen molar-refractivity contribution in [2.75, 3.05) is 13.6 Å². The van der Waals surface area contributed by atoms with Crippen LogP contribution in [0.4, 0.5) is 9.59 Å². The highest BCUT2D eigenvalue weighted by Crippen LogP contribution is 2.24. The van der Waals surface area contributed by atoms with E-state index in [2.05, 4.69) is 5.32 Å². The SMILES string of the molecule is CC(c1ccccc1)N(C)[C@H](CCCNC(=N)N)C(=O)N(C(=O)OCc1ccccc1)C(=O)OCc1ccccc1. The lowest BCUT2D eigenvalue weighted by atomic mass is 10.0. The lowest BCUT2D eigenvalue weighted by Crippen LogP contribution is -2.52. The first-order valence-electron chi connectivity index (χ1n) is 13.4. The van der Waals surface area contributed by atoms with Crippen LogP contribution in [0, 0.1) is 5.41 Å². The number of nitrogens with one attached hydrogen (secondary N) is 2. The summed E-state index contributed by atoms with van der Waals surface area (Å²) in [5, 5.41) is 10.1. The third-order valence-corrected chi connectivity index (χ3v) is 6.64. The average molecular weight is 560 g/mol. The molecule has 0 aliphatic carbocycles. The van der Waals surface area contributed by atoms with Crippen molar-refractivity contribution >= 4 is 24.1 Å². The van der Waals surface area contributed by atoms with E-state index in [4.69, 9.17) is 20.6 Å². The number of nitrogens with zero attached hydrogens (tertiary/aromatic N) is 2. The molecule has 3 rings (SSSR count). The van der Waals surface area contributed by atoms with E-state index in [0.717, 1.165) is 5.56 Å². The van der Waals surface area contributed by atoms with Crippen molar-refractivity contribution in [3.63, 3.8) is 0 Å². The van der Waals surface area contributed by atoms with Crippen LogP contribution in [0.1, 0.15) is 42.5 Å². The van der Waals surface area contributed by atoms with Gasteiger partial charge in [-0.1, -0.05) is 91.0 Å². The summed E-state index contributed by atoms with van der Waals surface area (Å²) in [5.41, 5.74) is 7.77. The molecule has 2 atom stereocenters. The Balaban J connectivity index is 1.86. The van der Waals surface area contributed by atoms with E-state index >= 15 is 0 Å². The number of ether oxygens (including phenoxy) is 2. The summed E-state index contributed by atoms with van der Waals surface area (Å²) in [6.07, 6.45) is -1.54. The molecule has 216 valence electrons. The highest BCUT2D eigenvalue weighted by Gasteiger charge is 2.39. The van der Waals surface area contributed by atoms with E-state index in [1.807, 2.05) is 54.3 Å². The second kappa shape index (κ2) is 15.8. The highest BCUT2D eigenvalue weighted by atomic mass is 16.6. The zero-order valence-corrected chi connectivity index (χ0v) is 23.4. The van der Waals surface area contributed by atoms with Gasteiger partial charge in [-0.3, -0.25) is 15.1 Å². The van der Waals surface area contributed by atoms with Crippen LogP contribution in [-0.2, 0) is 27.5 Å². The predicted molar refractivity (Wildman–Crippen MR) is 156 cm³/mol. The molecule has 0 fully saturated rings. The van der Waals surface area contributed by atoms with Crippen LogP contribution in [0.25, 0.3) is 0 Å². The minimum absolute atomic E-state index is 0.126. The second-order valence-corrected chi connectivity index (χ2v) is 9.50. The fourth-order valence-corrected chi connectivity index (χ4v) is 4.23. The molecular weight excluding hydrogens is 522 g/mol. The quantitative estimate of drug-likeness (QED) is 0.163. The monoisotopic (exact) mass is 559 g/mol. The average Bonchev–Trinajstić information content (AvgIpc) is 2.99. The fraction of sp³-hybridized carbons (Fsp3) is 0.290. The van der Waals surface area contributed by atoms with Gasteiger partial charge in [0.15, 0.2) is 5.96 Å². The molecule has 3 aromatic rings. The zero-order chi connectivity index (χ0) is 29.6. The Morgan fingerprint density at radius 1 is 0.829 bits per heavy atom. The van der Waals surface area contributed by atoms with Gasteiger partial charge in [0.1, 0.15) is 13.2 Å². The van der Waals surface area contributed by atoms with E-state index in [0.29, 0.717) is 29.0 Å². The molecule has 0 aliphatic heterocycles. The zero-order valence-electron chi connectivity index (χ0n) is 23.4. The number of nitrogens with two attached hydrogens (primary N) is 1. The van der Waals surface area contributed by atoms with Crippen molar-refractivity contribution < 1.29 is 23.9 Å². The molecule has 0 saturated carbocycles. The van der Waals surface area contributed by atoms with Gasteiger partial charge >= 0.3 is 12.2 Å². The van der Waals surface area contributed by atoms with Gasteiger partial charge in [0, 0.05) is 12.6 Å².